The van der Waals surface area contributed by atoms with Crippen LogP contribution in [0.25, 0.3) is 0 Å². The van der Waals surface area contributed by atoms with Crippen LogP contribution in [0.5, 0.6) is 0 Å². The summed E-state index contributed by atoms with van der Waals surface area (Å²) in [6.07, 6.45) is 12.1. The van der Waals surface area contributed by atoms with Gasteiger partial charge in [-0.2, -0.15) is 11.8 Å². The molecule has 4 aliphatic rings. The third kappa shape index (κ3) is 0.801. The van der Waals surface area contributed by atoms with E-state index in [2.05, 4.69) is 30.2 Å². The van der Waals surface area contributed by atoms with Crippen molar-refractivity contribution >= 4 is 11.8 Å². The zero-order valence-electron chi connectivity index (χ0n) is 8.73. The van der Waals surface area contributed by atoms with E-state index in [1.165, 1.54) is 6.42 Å². The molecule has 4 bridgehead atoms. The van der Waals surface area contributed by atoms with Gasteiger partial charge in [0, 0.05) is 5.25 Å². The summed E-state index contributed by atoms with van der Waals surface area (Å²) in [6.45, 7) is 0. The Morgan fingerprint density at radius 1 is 1.00 bits per heavy atom. The molecule has 3 saturated carbocycles. The predicted octanol–water partition coefficient (Wildman–Crippen LogP) is 3.20. The van der Waals surface area contributed by atoms with Gasteiger partial charge in [-0.15, -0.1) is 0 Å². The van der Waals surface area contributed by atoms with E-state index in [4.69, 9.17) is 0 Å². The number of allylic oxidation sites excluding steroid dienone is 2. The Balaban J connectivity index is 1.72. The second kappa shape index (κ2) is 2.61. The largest absolute Gasteiger partial charge is 0.162 e. The molecule has 0 aromatic rings. The molecule has 0 saturated heterocycles. The van der Waals surface area contributed by atoms with E-state index in [1.807, 2.05) is 0 Å². The highest BCUT2D eigenvalue weighted by Crippen LogP contribution is 2.66. The minimum absolute atomic E-state index is 0.995. The first-order valence-corrected chi connectivity index (χ1v) is 7.38. The van der Waals surface area contributed by atoms with Crippen molar-refractivity contribution < 1.29 is 0 Å². The molecule has 0 aromatic carbocycles. The van der Waals surface area contributed by atoms with Gasteiger partial charge in [0.2, 0.25) is 0 Å². The maximum Gasteiger partial charge on any atom is 0.00783 e. The number of hydrogen-bond donors (Lipinski definition) is 0. The molecule has 14 heavy (non-hydrogen) atoms. The van der Waals surface area contributed by atoms with Crippen molar-refractivity contribution in [2.24, 2.45) is 35.5 Å². The molecule has 76 valence electrons. The molecule has 3 fully saturated rings. The van der Waals surface area contributed by atoms with Gasteiger partial charge in [-0.05, 0) is 61.0 Å². The predicted molar refractivity (Wildman–Crippen MR) is 61.2 cm³/mol. The van der Waals surface area contributed by atoms with Crippen molar-refractivity contribution in [3.8, 4) is 0 Å². The quantitative estimate of drug-likeness (QED) is 0.469. The maximum atomic E-state index is 2.55. The number of rotatable bonds is 1. The average Bonchev–Trinajstić information content (AvgIpc) is 2.94. The van der Waals surface area contributed by atoms with Crippen LogP contribution < -0.4 is 0 Å². The van der Waals surface area contributed by atoms with Crippen molar-refractivity contribution in [1.82, 2.24) is 0 Å². The highest BCUT2D eigenvalue weighted by atomic mass is 32.2. The van der Waals surface area contributed by atoms with Crippen LogP contribution in [0.3, 0.4) is 0 Å². The molecule has 7 unspecified atom stereocenters. The van der Waals surface area contributed by atoms with E-state index in [0.29, 0.717) is 0 Å². The van der Waals surface area contributed by atoms with E-state index in [-0.39, 0.29) is 0 Å². The Bertz CT molecular complexity index is 296. The van der Waals surface area contributed by atoms with Crippen LogP contribution in [0.4, 0.5) is 0 Å². The molecular weight excluding hydrogens is 188 g/mol. The molecular formula is C13H18S. The highest BCUT2D eigenvalue weighted by molar-refractivity contribution is 7.99. The van der Waals surface area contributed by atoms with Gasteiger partial charge in [-0.25, -0.2) is 0 Å². The molecule has 1 heteroatoms. The Labute approximate surface area is 90.5 Å². The fourth-order valence-corrected chi connectivity index (χ4v) is 6.31. The average molecular weight is 206 g/mol. The summed E-state index contributed by atoms with van der Waals surface area (Å²) >= 11 is 2.15. The first-order valence-electron chi connectivity index (χ1n) is 6.09. The fraction of sp³-hybridized carbons (Fsp3) is 0.846. The van der Waals surface area contributed by atoms with Crippen molar-refractivity contribution in [2.45, 2.75) is 24.5 Å². The fourth-order valence-electron chi connectivity index (χ4n) is 5.23. The zero-order chi connectivity index (χ0) is 9.28. The van der Waals surface area contributed by atoms with Crippen molar-refractivity contribution in [3.05, 3.63) is 12.2 Å². The lowest BCUT2D eigenvalue weighted by Gasteiger charge is -2.36. The minimum Gasteiger partial charge on any atom is -0.162 e. The van der Waals surface area contributed by atoms with Gasteiger partial charge < -0.3 is 0 Å². The number of hydrogen-bond acceptors (Lipinski definition) is 1. The summed E-state index contributed by atoms with van der Waals surface area (Å²) in [5.41, 5.74) is 0. The second-order valence-electron chi connectivity index (χ2n) is 5.77. The van der Waals surface area contributed by atoms with Gasteiger partial charge in [0.05, 0.1) is 0 Å². The van der Waals surface area contributed by atoms with Crippen molar-refractivity contribution in [1.29, 1.82) is 0 Å². The Morgan fingerprint density at radius 3 is 2.57 bits per heavy atom. The van der Waals surface area contributed by atoms with Gasteiger partial charge in [0.1, 0.15) is 0 Å². The summed E-state index contributed by atoms with van der Waals surface area (Å²) in [5, 5.41) is 1.02. The molecule has 0 aromatic heterocycles. The molecule has 0 N–H and O–H groups in total. The van der Waals surface area contributed by atoms with Crippen LogP contribution in [0, 0.1) is 35.5 Å². The molecule has 7 atom stereocenters. The van der Waals surface area contributed by atoms with Crippen LogP contribution in [0.1, 0.15) is 19.3 Å². The SMILES string of the molecule is CSC1CC2CC1C1C3C=CC(C3)C21. The molecule has 0 heterocycles. The lowest BCUT2D eigenvalue weighted by molar-refractivity contribution is 0.211. The van der Waals surface area contributed by atoms with Crippen LogP contribution in [0.15, 0.2) is 12.2 Å². The topological polar surface area (TPSA) is 0 Å². The van der Waals surface area contributed by atoms with E-state index in [0.717, 1.165) is 40.8 Å². The van der Waals surface area contributed by atoms with Crippen molar-refractivity contribution in [3.63, 3.8) is 0 Å². The summed E-state index contributed by atoms with van der Waals surface area (Å²) in [4.78, 5) is 0. The Kier molecular flexibility index (Phi) is 1.54. The van der Waals surface area contributed by atoms with Gasteiger partial charge in [0.25, 0.3) is 0 Å². The molecule has 4 aliphatic carbocycles. The second-order valence-corrected chi connectivity index (χ2v) is 6.85. The highest BCUT2D eigenvalue weighted by Gasteiger charge is 2.60. The summed E-state index contributed by atoms with van der Waals surface area (Å²) in [5.74, 6) is 6.44. The third-order valence-electron chi connectivity index (χ3n) is 5.51. The van der Waals surface area contributed by atoms with E-state index in [1.54, 1.807) is 12.8 Å². The first-order chi connectivity index (χ1) is 6.88. The zero-order valence-corrected chi connectivity index (χ0v) is 9.54. The molecule has 0 amide bonds. The maximum absolute atomic E-state index is 2.55. The number of fused-ring (bicyclic) bond motifs is 9. The molecule has 0 radical (unpaired) electrons. The van der Waals surface area contributed by atoms with Gasteiger partial charge >= 0.3 is 0 Å². The van der Waals surface area contributed by atoms with Crippen LogP contribution in [-0.2, 0) is 0 Å². The monoisotopic (exact) mass is 206 g/mol. The van der Waals surface area contributed by atoms with E-state index >= 15 is 0 Å². The standard InChI is InChI=1S/C13H18S/c1-14-11-6-9-5-10(11)13-8-3-2-7(4-8)12(9)13/h2-3,7-13H,4-6H2,1H3. The molecule has 4 rings (SSSR count). The summed E-state index contributed by atoms with van der Waals surface area (Å²) < 4.78 is 0. The van der Waals surface area contributed by atoms with E-state index in [9.17, 15) is 0 Å². The smallest absolute Gasteiger partial charge is 0.00783 e. The Morgan fingerprint density at radius 2 is 1.79 bits per heavy atom. The number of thioether (sulfide) groups is 1. The summed E-state index contributed by atoms with van der Waals surface area (Å²) in [7, 11) is 0. The molecule has 0 spiro atoms. The summed E-state index contributed by atoms with van der Waals surface area (Å²) in [6, 6.07) is 0. The molecule has 0 nitrogen and oxygen atoms in total. The molecule has 0 aliphatic heterocycles. The van der Waals surface area contributed by atoms with Gasteiger partial charge in [-0.3, -0.25) is 0 Å². The normalized spacial score (nSPS) is 62.5. The third-order valence-corrected chi connectivity index (χ3v) is 6.66. The minimum atomic E-state index is 0.995. The van der Waals surface area contributed by atoms with Gasteiger partial charge in [0.15, 0.2) is 0 Å². The first kappa shape index (κ1) is 8.27. The Hall–Kier alpha value is 0.0900. The van der Waals surface area contributed by atoms with E-state index < -0.39 is 0 Å². The van der Waals surface area contributed by atoms with Crippen LogP contribution >= 0.6 is 11.8 Å². The lowest BCUT2D eigenvalue weighted by Crippen LogP contribution is -2.32. The van der Waals surface area contributed by atoms with Crippen LogP contribution in [0.2, 0.25) is 0 Å². The lowest BCUT2D eigenvalue weighted by atomic mass is 9.73. The van der Waals surface area contributed by atoms with Gasteiger partial charge in [-0.1, -0.05) is 12.2 Å². The van der Waals surface area contributed by atoms with Crippen molar-refractivity contribution in [2.75, 3.05) is 6.26 Å². The van der Waals surface area contributed by atoms with Crippen LogP contribution in [-0.4, -0.2) is 11.5 Å².